The number of fused-ring (bicyclic) bond motifs is 5. The summed E-state index contributed by atoms with van der Waals surface area (Å²) >= 11 is 0. The van der Waals surface area contributed by atoms with Crippen molar-refractivity contribution in [3.05, 3.63) is 11.6 Å². The number of aliphatic imine (C=N–C) groups is 1. The quantitative estimate of drug-likeness (QED) is 0.0483. The average Bonchev–Trinajstić information content (AvgIpc) is 3.42. The van der Waals surface area contributed by atoms with Gasteiger partial charge in [-0.05, 0) is 117 Å². The molecule has 0 spiro atoms. The van der Waals surface area contributed by atoms with Gasteiger partial charge < -0.3 is 25.7 Å². The molecule has 6 heteroatoms. The first-order valence-corrected chi connectivity index (χ1v) is 21.1. The second-order valence-electron chi connectivity index (χ2n) is 17.9. The standard InChI is InChI=1S/C43H79N3O3/c1-7-8-9-10-11-12-26-47-30-35(46-41(44)45)31-48-27-13-14-28-49-36-22-24-42(5)34(29-36)18-19-37-39-21-20-38(33(4)17-15-16-32(2)3)43(39,6)25-23-40(37)42/h18,32-33,35-40H,7-17,19-31H2,1-6H3,(H4,44,45,46)/t33-,35+,36+,37+,38-,39+,40+,42+,43-/m1/s1. The number of rotatable bonds is 23. The molecule has 3 saturated carbocycles. The van der Waals surface area contributed by atoms with E-state index in [0.717, 1.165) is 74.4 Å². The van der Waals surface area contributed by atoms with E-state index >= 15 is 0 Å². The van der Waals surface area contributed by atoms with Gasteiger partial charge in [0.25, 0.3) is 0 Å². The molecule has 4 rings (SSSR count). The number of unbranched alkanes of at least 4 members (excludes halogenated alkanes) is 6. The van der Waals surface area contributed by atoms with Crippen molar-refractivity contribution >= 4 is 5.96 Å². The largest absolute Gasteiger partial charge is 0.379 e. The number of hydrogen-bond donors (Lipinski definition) is 2. The number of nitrogens with two attached hydrogens (primary N) is 2. The number of guanidine groups is 1. The third-order valence-corrected chi connectivity index (χ3v) is 13.9. The molecular formula is C43H79N3O3. The van der Waals surface area contributed by atoms with E-state index in [1.165, 1.54) is 96.3 Å². The number of allylic oxidation sites excluding steroid dienone is 1. The highest BCUT2D eigenvalue weighted by Crippen LogP contribution is 2.67. The van der Waals surface area contributed by atoms with Crippen molar-refractivity contribution in [3.63, 3.8) is 0 Å². The number of hydrogen-bond acceptors (Lipinski definition) is 4. The average molecular weight is 686 g/mol. The van der Waals surface area contributed by atoms with Gasteiger partial charge >= 0.3 is 0 Å². The van der Waals surface area contributed by atoms with E-state index in [2.05, 4.69) is 52.6 Å². The van der Waals surface area contributed by atoms with E-state index in [0.29, 0.717) is 36.8 Å². The molecule has 0 bridgehead atoms. The molecule has 4 N–H and O–H groups in total. The summed E-state index contributed by atoms with van der Waals surface area (Å²) in [7, 11) is 0. The fourth-order valence-corrected chi connectivity index (χ4v) is 11.1. The molecule has 0 heterocycles. The lowest BCUT2D eigenvalue weighted by molar-refractivity contribution is -0.0643. The molecule has 6 nitrogen and oxygen atoms in total. The summed E-state index contributed by atoms with van der Waals surface area (Å²) in [6, 6.07) is -0.141. The van der Waals surface area contributed by atoms with Gasteiger partial charge in [-0.15, -0.1) is 0 Å². The maximum atomic E-state index is 6.50. The normalized spacial score (nSPS) is 32.2. The molecule has 4 aliphatic rings. The van der Waals surface area contributed by atoms with Gasteiger partial charge in [0.2, 0.25) is 0 Å². The van der Waals surface area contributed by atoms with E-state index in [1.54, 1.807) is 5.57 Å². The molecule has 0 aromatic heterocycles. The lowest BCUT2D eigenvalue weighted by Crippen LogP contribution is -2.51. The Kier molecular flexibility index (Phi) is 16.8. The Morgan fingerprint density at radius 2 is 1.51 bits per heavy atom. The highest BCUT2D eigenvalue weighted by molar-refractivity contribution is 5.75. The summed E-state index contributed by atoms with van der Waals surface area (Å²) in [5.74, 6) is 5.47. The van der Waals surface area contributed by atoms with Crippen LogP contribution in [0.1, 0.15) is 164 Å². The van der Waals surface area contributed by atoms with Gasteiger partial charge in [0.15, 0.2) is 5.96 Å². The Hall–Kier alpha value is -1.11. The van der Waals surface area contributed by atoms with E-state index in [4.69, 9.17) is 25.7 Å². The molecule has 0 aliphatic heterocycles. The zero-order valence-electron chi connectivity index (χ0n) is 33.0. The Morgan fingerprint density at radius 1 is 0.816 bits per heavy atom. The molecule has 0 aromatic carbocycles. The predicted molar refractivity (Wildman–Crippen MR) is 207 cm³/mol. The molecule has 0 radical (unpaired) electrons. The van der Waals surface area contributed by atoms with Crippen molar-refractivity contribution in [3.8, 4) is 0 Å². The van der Waals surface area contributed by atoms with Crippen molar-refractivity contribution in [2.24, 2.45) is 62.8 Å². The van der Waals surface area contributed by atoms with Crippen molar-refractivity contribution in [1.82, 2.24) is 0 Å². The zero-order chi connectivity index (χ0) is 35.3. The van der Waals surface area contributed by atoms with Crippen molar-refractivity contribution in [1.29, 1.82) is 0 Å². The van der Waals surface area contributed by atoms with Crippen LogP contribution < -0.4 is 11.5 Å². The molecule has 0 amide bonds. The molecule has 0 saturated heterocycles. The van der Waals surface area contributed by atoms with Gasteiger partial charge in [0.1, 0.15) is 6.04 Å². The zero-order valence-corrected chi connectivity index (χ0v) is 33.0. The van der Waals surface area contributed by atoms with Crippen LogP contribution in [0.4, 0.5) is 0 Å². The van der Waals surface area contributed by atoms with Gasteiger partial charge in [0, 0.05) is 19.8 Å². The van der Waals surface area contributed by atoms with Gasteiger partial charge in [-0.2, -0.15) is 0 Å². The van der Waals surface area contributed by atoms with Crippen LogP contribution in [0.25, 0.3) is 0 Å². The molecule has 0 unspecified atom stereocenters. The Bertz CT molecular complexity index is 1010. The minimum atomic E-state index is -0.141. The second kappa shape index (κ2) is 20.2. The molecule has 3 fully saturated rings. The number of nitrogens with zero attached hydrogens (tertiary/aromatic N) is 1. The van der Waals surface area contributed by atoms with Gasteiger partial charge in [0.05, 0.1) is 19.3 Å². The fraction of sp³-hybridized carbons (Fsp3) is 0.930. The van der Waals surface area contributed by atoms with Crippen molar-refractivity contribution < 1.29 is 14.2 Å². The summed E-state index contributed by atoms with van der Waals surface area (Å²) in [6.45, 7) is 18.2. The third-order valence-electron chi connectivity index (χ3n) is 13.9. The van der Waals surface area contributed by atoms with Gasteiger partial charge in [-0.1, -0.05) is 105 Å². The van der Waals surface area contributed by atoms with Gasteiger partial charge in [-0.3, -0.25) is 0 Å². The summed E-state index contributed by atoms with van der Waals surface area (Å²) < 4.78 is 18.3. The Morgan fingerprint density at radius 3 is 2.22 bits per heavy atom. The Labute approximate surface area is 302 Å². The summed E-state index contributed by atoms with van der Waals surface area (Å²) in [4.78, 5) is 4.33. The fourth-order valence-electron chi connectivity index (χ4n) is 11.1. The molecule has 9 atom stereocenters. The molecular weight excluding hydrogens is 606 g/mol. The van der Waals surface area contributed by atoms with Crippen LogP contribution in [-0.4, -0.2) is 51.1 Å². The maximum absolute atomic E-state index is 6.50. The summed E-state index contributed by atoms with van der Waals surface area (Å²) in [5, 5.41) is 0. The molecule has 4 aliphatic carbocycles. The molecule has 49 heavy (non-hydrogen) atoms. The summed E-state index contributed by atoms with van der Waals surface area (Å²) in [6.07, 6.45) is 27.7. The maximum Gasteiger partial charge on any atom is 0.186 e. The monoisotopic (exact) mass is 686 g/mol. The van der Waals surface area contributed by atoms with Crippen LogP contribution in [0, 0.1) is 46.3 Å². The molecule has 284 valence electrons. The predicted octanol–water partition coefficient (Wildman–Crippen LogP) is 10.2. The van der Waals surface area contributed by atoms with Crippen LogP contribution >= 0.6 is 0 Å². The lowest BCUT2D eigenvalue weighted by Gasteiger charge is -2.58. The smallest absolute Gasteiger partial charge is 0.186 e. The van der Waals surface area contributed by atoms with Crippen LogP contribution in [0.2, 0.25) is 0 Å². The highest BCUT2D eigenvalue weighted by Gasteiger charge is 2.59. The SMILES string of the molecule is CCCCCCCCOC[C@@H](COCCCCO[C@H]1CC[C@@]2(C)C(=CC[C@H]3[C@@H]4CC[C@H]([C@H](C)CCCC(C)C)[C@@]4(C)CC[C@@H]32)C1)N=C(N)N. The van der Waals surface area contributed by atoms with E-state index in [-0.39, 0.29) is 12.0 Å². The molecule has 0 aromatic rings. The second-order valence-corrected chi connectivity index (χ2v) is 17.9. The topological polar surface area (TPSA) is 92.1 Å². The van der Waals surface area contributed by atoms with Gasteiger partial charge in [-0.25, -0.2) is 4.99 Å². The number of ether oxygens (including phenoxy) is 3. The van der Waals surface area contributed by atoms with Crippen LogP contribution in [-0.2, 0) is 14.2 Å². The van der Waals surface area contributed by atoms with Crippen LogP contribution in [0.3, 0.4) is 0 Å². The summed E-state index contributed by atoms with van der Waals surface area (Å²) in [5.41, 5.74) is 14.0. The third kappa shape index (κ3) is 11.4. The van der Waals surface area contributed by atoms with E-state index in [9.17, 15) is 0 Å². The van der Waals surface area contributed by atoms with Crippen molar-refractivity contribution in [2.75, 3.05) is 33.0 Å². The van der Waals surface area contributed by atoms with Crippen molar-refractivity contribution in [2.45, 2.75) is 176 Å². The minimum Gasteiger partial charge on any atom is -0.379 e. The first-order chi connectivity index (χ1) is 23.6. The first kappa shape index (κ1) is 40.7. The van der Waals surface area contributed by atoms with E-state index < -0.39 is 0 Å². The highest BCUT2D eigenvalue weighted by atomic mass is 16.5. The van der Waals surface area contributed by atoms with Crippen LogP contribution in [0.15, 0.2) is 16.6 Å². The first-order valence-electron chi connectivity index (χ1n) is 21.1. The Balaban J connectivity index is 1.13. The lowest BCUT2D eigenvalue weighted by atomic mass is 9.47. The minimum absolute atomic E-state index is 0.101. The van der Waals surface area contributed by atoms with E-state index in [1.807, 2.05) is 0 Å². The van der Waals surface area contributed by atoms with Crippen LogP contribution in [0.5, 0.6) is 0 Å².